The number of nitrogens with zero attached hydrogens (tertiary/aromatic N) is 3. The quantitative estimate of drug-likeness (QED) is 0.622. The lowest BCUT2D eigenvalue weighted by molar-refractivity contribution is 0.183. The maximum atomic E-state index is 5.67. The zero-order chi connectivity index (χ0) is 15.4. The van der Waals surface area contributed by atoms with Gasteiger partial charge in [0.1, 0.15) is 10.8 Å². The van der Waals surface area contributed by atoms with Gasteiger partial charge in [-0.1, -0.05) is 24.7 Å². The first-order valence-electron chi connectivity index (χ1n) is 7.37. The fraction of sp³-hybridized carbons (Fsp3) is 0.375. The molecule has 22 heavy (non-hydrogen) atoms. The fourth-order valence-electron chi connectivity index (χ4n) is 2.12. The van der Waals surface area contributed by atoms with Crippen molar-refractivity contribution in [2.45, 2.75) is 26.4 Å². The minimum Gasteiger partial charge on any atom is -0.494 e. The highest BCUT2D eigenvalue weighted by molar-refractivity contribution is 7.16. The third-order valence-electron chi connectivity index (χ3n) is 3.27. The van der Waals surface area contributed by atoms with E-state index in [9.17, 15) is 0 Å². The third-order valence-corrected chi connectivity index (χ3v) is 4.17. The molecule has 3 aromatic rings. The summed E-state index contributed by atoms with van der Waals surface area (Å²) in [5.41, 5.74) is 1.98. The van der Waals surface area contributed by atoms with E-state index in [0.717, 1.165) is 46.4 Å². The van der Waals surface area contributed by atoms with Gasteiger partial charge in [-0.15, -0.1) is 0 Å². The lowest BCUT2D eigenvalue weighted by Crippen LogP contribution is -1.95. The van der Waals surface area contributed by atoms with Gasteiger partial charge < -0.3 is 9.47 Å². The summed E-state index contributed by atoms with van der Waals surface area (Å²) in [6.07, 6.45) is 4.16. The molecule has 116 valence electrons. The van der Waals surface area contributed by atoms with Crippen molar-refractivity contribution < 1.29 is 9.47 Å². The van der Waals surface area contributed by atoms with Crippen LogP contribution in [-0.2, 0) is 11.3 Å². The summed E-state index contributed by atoms with van der Waals surface area (Å²) in [5, 5.41) is 5.37. The maximum Gasteiger partial charge on any atom is 0.212 e. The number of ether oxygens (including phenoxy) is 2. The Balaban J connectivity index is 1.74. The predicted molar refractivity (Wildman–Crippen MR) is 87.4 cm³/mol. The zero-order valence-corrected chi connectivity index (χ0v) is 13.6. The van der Waals surface area contributed by atoms with Crippen LogP contribution in [0.2, 0.25) is 0 Å². The third kappa shape index (κ3) is 3.28. The van der Waals surface area contributed by atoms with Crippen molar-refractivity contribution in [2.24, 2.45) is 0 Å². The van der Waals surface area contributed by atoms with E-state index in [4.69, 9.17) is 9.47 Å². The van der Waals surface area contributed by atoms with Gasteiger partial charge in [0, 0.05) is 12.7 Å². The highest BCUT2D eigenvalue weighted by Gasteiger charge is 2.09. The second kappa shape index (κ2) is 6.89. The van der Waals surface area contributed by atoms with Gasteiger partial charge in [0.15, 0.2) is 0 Å². The molecule has 0 aliphatic carbocycles. The summed E-state index contributed by atoms with van der Waals surface area (Å²) in [7, 11) is 1.67. The van der Waals surface area contributed by atoms with Crippen molar-refractivity contribution in [3.8, 4) is 17.0 Å². The van der Waals surface area contributed by atoms with Gasteiger partial charge in [-0.05, 0) is 30.7 Å². The summed E-state index contributed by atoms with van der Waals surface area (Å²) >= 11 is 1.55. The molecule has 0 amide bonds. The molecule has 2 aromatic heterocycles. The van der Waals surface area contributed by atoms with E-state index >= 15 is 0 Å². The smallest absolute Gasteiger partial charge is 0.212 e. The Morgan fingerprint density at radius 1 is 1.23 bits per heavy atom. The normalized spacial score (nSPS) is 11.2. The van der Waals surface area contributed by atoms with Crippen LogP contribution in [0.15, 0.2) is 30.5 Å². The van der Waals surface area contributed by atoms with E-state index < -0.39 is 0 Å². The van der Waals surface area contributed by atoms with Crippen molar-refractivity contribution in [3.63, 3.8) is 0 Å². The number of methoxy groups -OCH3 is 1. The molecule has 1 aromatic carbocycles. The van der Waals surface area contributed by atoms with Crippen LogP contribution in [0.5, 0.6) is 5.75 Å². The van der Waals surface area contributed by atoms with Crippen LogP contribution in [0, 0.1) is 0 Å². The highest BCUT2D eigenvalue weighted by Crippen LogP contribution is 2.24. The predicted octanol–water partition coefficient (Wildman–Crippen LogP) is 3.78. The molecular weight excluding hydrogens is 298 g/mol. The van der Waals surface area contributed by atoms with Gasteiger partial charge in [-0.25, -0.2) is 9.50 Å². The van der Waals surface area contributed by atoms with Gasteiger partial charge in [0.25, 0.3) is 0 Å². The maximum absolute atomic E-state index is 5.67. The molecule has 2 heterocycles. The standard InChI is InChI=1S/C16H19N3O2S/c1-3-4-9-21-13-7-5-12(6-8-13)14-10-19-16(17-14)22-15(18-19)11-20-2/h5-8,10H,3-4,9,11H2,1-2H3. The molecule has 0 aliphatic rings. The van der Waals surface area contributed by atoms with Crippen molar-refractivity contribution in [1.82, 2.24) is 14.6 Å². The first-order valence-corrected chi connectivity index (χ1v) is 8.19. The molecule has 6 heteroatoms. The van der Waals surface area contributed by atoms with E-state index in [1.165, 1.54) is 0 Å². The second-order valence-corrected chi connectivity index (χ2v) is 6.05. The summed E-state index contributed by atoms with van der Waals surface area (Å²) < 4.78 is 12.6. The minimum absolute atomic E-state index is 0.521. The summed E-state index contributed by atoms with van der Waals surface area (Å²) in [6, 6.07) is 8.04. The van der Waals surface area contributed by atoms with Gasteiger partial charge in [-0.3, -0.25) is 0 Å². The molecule has 0 atom stereocenters. The van der Waals surface area contributed by atoms with Crippen LogP contribution in [-0.4, -0.2) is 28.3 Å². The molecule has 0 bridgehead atoms. The first-order chi connectivity index (χ1) is 10.8. The van der Waals surface area contributed by atoms with Crippen molar-refractivity contribution >= 4 is 16.3 Å². The van der Waals surface area contributed by atoms with Gasteiger partial charge in [-0.2, -0.15) is 5.10 Å². The Morgan fingerprint density at radius 3 is 2.73 bits per heavy atom. The van der Waals surface area contributed by atoms with Crippen LogP contribution in [0.3, 0.4) is 0 Å². The van der Waals surface area contributed by atoms with Gasteiger partial charge in [0.2, 0.25) is 4.96 Å². The molecule has 0 aliphatic heterocycles. The van der Waals surface area contributed by atoms with E-state index in [-0.39, 0.29) is 0 Å². The molecule has 0 unspecified atom stereocenters. The molecular formula is C16H19N3O2S. The van der Waals surface area contributed by atoms with Crippen LogP contribution in [0.1, 0.15) is 24.8 Å². The highest BCUT2D eigenvalue weighted by atomic mass is 32.1. The molecule has 0 saturated carbocycles. The topological polar surface area (TPSA) is 48.7 Å². The first kappa shape index (κ1) is 15.0. The van der Waals surface area contributed by atoms with E-state index in [1.54, 1.807) is 23.0 Å². The average molecular weight is 317 g/mol. The fourth-order valence-corrected chi connectivity index (χ4v) is 2.97. The summed E-state index contributed by atoms with van der Waals surface area (Å²) in [5.74, 6) is 0.902. The Kier molecular flexibility index (Phi) is 4.70. The Bertz CT molecular complexity index is 702. The second-order valence-electron chi connectivity index (χ2n) is 5.01. The summed E-state index contributed by atoms with van der Waals surface area (Å²) in [6.45, 7) is 3.44. The van der Waals surface area contributed by atoms with Gasteiger partial charge >= 0.3 is 0 Å². The van der Waals surface area contributed by atoms with Crippen molar-refractivity contribution in [3.05, 3.63) is 35.5 Å². The Labute approximate surface area is 133 Å². The lowest BCUT2D eigenvalue weighted by Gasteiger charge is -2.05. The average Bonchev–Trinajstić information content (AvgIpc) is 3.07. The monoisotopic (exact) mass is 317 g/mol. The largest absolute Gasteiger partial charge is 0.494 e. The van der Waals surface area contributed by atoms with Crippen LogP contribution >= 0.6 is 11.3 Å². The van der Waals surface area contributed by atoms with Crippen molar-refractivity contribution in [2.75, 3.05) is 13.7 Å². The van der Waals surface area contributed by atoms with E-state index in [2.05, 4.69) is 17.0 Å². The number of unbranched alkanes of at least 4 members (excludes halogenated alkanes) is 1. The molecule has 0 fully saturated rings. The molecule has 0 N–H and O–H groups in total. The van der Waals surface area contributed by atoms with E-state index in [0.29, 0.717) is 6.61 Å². The van der Waals surface area contributed by atoms with E-state index in [1.807, 2.05) is 30.5 Å². The van der Waals surface area contributed by atoms with Crippen molar-refractivity contribution in [1.29, 1.82) is 0 Å². The lowest BCUT2D eigenvalue weighted by atomic mass is 10.2. The zero-order valence-electron chi connectivity index (χ0n) is 12.8. The van der Waals surface area contributed by atoms with Gasteiger partial charge in [0.05, 0.1) is 25.1 Å². The number of benzene rings is 1. The molecule has 0 spiro atoms. The Hall–Kier alpha value is -1.92. The summed E-state index contributed by atoms with van der Waals surface area (Å²) in [4.78, 5) is 5.49. The molecule has 0 radical (unpaired) electrons. The minimum atomic E-state index is 0.521. The SMILES string of the molecule is CCCCOc1ccc(-c2cn3nc(COC)sc3n2)cc1. The Morgan fingerprint density at radius 2 is 2.05 bits per heavy atom. The van der Waals surface area contributed by atoms with Crippen LogP contribution in [0.25, 0.3) is 16.2 Å². The number of imidazole rings is 1. The van der Waals surface area contributed by atoms with Crippen LogP contribution < -0.4 is 4.74 Å². The molecule has 5 nitrogen and oxygen atoms in total. The molecule has 3 rings (SSSR count). The number of hydrogen-bond acceptors (Lipinski definition) is 5. The number of rotatable bonds is 7. The number of fused-ring (bicyclic) bond motifs is 1. The molecule has 0 saturated heterocycles. The van der Waals surface area contributed by atoms with Crippen LogP contribution in [0.4, 0.5) is 0 Å². The number of hydrogen-bond donors (Lipinski definition) is 0. The number of aromatic nitrogens is 3.